The molecule has 0 fully saturated rings. The largest absolute Gasteiger partial charge is 0.461 e. The van der Waals surface area contributed by atoms with Crippen molar-refractivity contribution in [2.24, 2.45) is 11.5 Å². The molecule has 0 saturated heterocycles. The highest BCUT2D eigenvalue weighted by Crippen LogP contribution is 2.39. The molecular formula is C65H58Cl2F16N6O7. The fourth-order valence-electron chi connectivity index (χ4n) is 9.04. The number of ether oxygens (including phenoxy) is 4. The molecule has 2 heterocycles. The Balaban J connectivity index is 0.000000261. The third-order valence-electron chi connectivity index (χ3n) is 13.7. The smallest absolute Gasteiger partial charge is 0.428 e. The Morgan fingerprint density at radius 3 is 1.32 bits per heavy atom. The molecule has 0 saturated carbocycles. The standard InChI is InChI=1S/C33H28ClF8N3O4.C21H16ClF5N2O.C11H14F3NO2/c34-23-11-12-27(43-17-23)31(16-20-7-3-1-4-8-20,22-13-24(35)15-25(14-22)49-33(41,42)29(36)37)45-30(47)44-26(28(46)32(38,39)40)19-48-18-21-9-5-2-6-10-21;22-15-6-7-18(29-12-15)20(28,11-13-4-2-1-3-5-13)14-8-16(23)10-17(9-14)30-21(26,27)19(24)25;12-11(13,14)10(16)9(15)7-17-6-8-4-2-1-3-5-8/h1-15,17,26,28-29,46H,16,18-19H2,(H2,44,45,47);1-10,12,19H,11,28H2;1-5,9-10,16H,6-7,15H2/t26-,28-,31+;20-;9-,10-/m101/s1. The second-order valence-corrected chi connectivity index (χ2v) is 21.9. The normalized spacial score (nSPS) is 14.5. The number of carbonyl (C=O) groups excluding carboxylic acids is 1. The molecule has 96 heavy (non-hydrogen) atoms. The van der Waals surface area contributed by atoms with E-state index in [0.717, 1.165) is 41.6 Å². The molecule has 0 aliphatic rings. The van der Waals surface area contributed by atoms with Crippen molar-refractivity contribution in [3.8, 4) is 11.5 Å². The highest BCUT2D eigenvalue weighted by molar-refractivity contribution is 6.30. The van der Waals surface area contributed by atoms with Gasteiger partial charge in [-0.3, -0.25) is 9.97 Å². The van der Waals surface area contributed by atoms with Crippen molar-refractivity contribution in [3.63, 3.8) is 0 Å². The van der Waals surface area contributed by atoms with Gasteiger partial charge in [-0.15, -0.1) is 0 Å². The summed E-state index contributed by atoms with van der Waals surface area (Å²) in [5, 5.41) is 23.9. The Labute approximate surface area is 547 Å². The van der Waals surface area contributed by atoms with Crippen molar-refractivity contribution in [3.05, 3.63) is 261 Å². The first-order chi connectivity index (χ1) is 45.1. The molecule has 0 radical (unpaired) electrons. The number of benzene rings is 6. The van der Waals surface area contributed by atoms with E-state index < -0.39 is 109 Å². The summed E-state index contributed by atoms with van der Waals surface area (Å²) < 4.78 is 231. The predicted molar refractivity (Wildman–Crippen MR) is 320 cm³/mol. The topological polar surface area (TPSA) is 196 Å². The number of amides is 2. The van der Waals surface area contributed by atoms with E-state index in [1.807, 2.05) is 11.4 Å². The van der Waals surface area contributed by atoms with E-state index in [4.69, 9.17) is 49.2 Å². The lowest BCUT2D eigenvalue weighted by Crippen LogP contribution is -2.59. The summed E-state index contributed by atoms with van der Waals surface area (Å²) in [6.07, 6.45) is -31.6. The summed E-state index contributed by atoms with van der Waals surface area (Å²) in [5.74, 6) is -4.09. The number of hydrogen-bond acceptors (Lipinski definition) is 11. The van der Waals surface area contributed by atoms with Crippen molar-refractivity contribution in [2.45, 2.75) is 98.8 Å². The van der Waals surface area contributed by atoms with Crippen LogP contribution in [0.5, 0.6) is 11.5 Å². The molecule has 8 N–H and O–H groups in total. The van der Waals surface area contributed by atoms with Crippen LogP contribution in [-0.2, 0) is 46.6 Å². The molecule has 31 heteroatoms. The molecule has 0 aliphatic heterocycles. The highest BCUT2D eigenvalue weighted by atomic mass is 35.5. The number of hydrogen-bond donors (Lipinski definition) is 6. The second-order valence-electron chi connectivity index (χ2n) is 21.0. The van der Waals surface area contributed by atoms with Crippen molar-refractivity contribution >= 4 is 29.2 Å². The summed E-state index contributed by atoms with van der Waals surface area (Å²) in [5.41, 5.74) is 10.6. The highest BCUT2D eigenvalue weighted by Gasteiger charge is 2.48. The van der Waals surface area contributed by atoms with Crippen LogP contribution in [0.25, 0.3) is 0 Å². The number of nitrogens with two attached hydrogens (primary N) is 2. The van der Waals surface area contributed by atoms with Gasteiger partial charge in [0, 0.05) is 37.4 Å². The van der Waals surface area contributed by atoms with Crippen molar-refractivity contribution < 1.29 is 104 Å². The lowest BCUT2D eigenvalue weighted by Gasteiger charge is -2.36. The van der Waals surface area contributed by atoms with Crippen molar-refractivity contribution in [2.75, 3.05) is 13.2 Å². The Hall–Kier alpha value is -8.29. The zero-order chi connectivity index (χ0) is 70.7. The maximum Gasteiger partial charge on any atom is 0.461 e. The predicted octanol–water partition coefficient (Wildman–Crippen LogP) is 14.4. The molecule has 0 bridgehead atoms. The van der Waals surface area contributed by atoms with Crippen LogP contribution >= 0.6 is 23.2 Å². The molecular weight excluding hydrogens is 1350 g/mol. The van der Waals surface area contributed by atoms with E-state index >= 15 is 4.39 Å². The van der Waals surface area contributed by atoms with E-state index in [9.17, 15) is 75.8 Å². The first-order valence-electron chi connectivity index (χ1n) is 28.1. The van der Waals surface area contributed by atoms with Crippen molar-refractivity contribution in [1.82, 2.24) is 20.6 Å². The number of urea groups is 1. The maximum absolute atomic E-state index is 15.1. The molecule has 0 spiro atoms. The number of aromatic nitrogens is 2. The zero-order valence-electron chi connectivity index (χ0n) is 49.5. The Morgan fingerprint density at radius 2 is 0.906 bits per heavy atom. The van der Waals surface area contributed by atoms with E-state index in [0.29, 0.717) is 28.3 Å². The molecule has 6 atom stereocenters. The minimum Gasteiger partial charge on any atom is -0.428 e. The van der Waals surface area contributed by atoms with Crippen LogP contribution in [0.15, 0.2) is 194 Å². The third kappa shape index (κ3) is 22.7. The van der Waals surface area contributed by atoms with Crippen LogP contribution in [0.4, 0.5) is 75.0 Å². The summed E-state index contributed by atoms with van der Waals surface area (Å²) in [6, 6.07) is 39.4. The Morgan fingerprint density at radius 1 is 0.510 bits per heavy atom. The van der Waals surface area contributed by atoms with Gasteiger partial charge in [-0.05, 0) is 81.9 Å². The summed E-state index contributed by atoms with van der Waals surface area (Å²) in [4.78, 5) is 22.1. The quantitative estimate of drug-likeness (QED) is 0.0282. The fraction of sp³-hybridized carbons (Fsp3) is 0.277. The lowest BCUT2D eigenvalue weighted by atomic mass is 9.80. The fourth-order valence-corrected chi connectivity index (χ4v) is 9.26. The van der Waals surface area contributed by atoms with Crippen LogP contribution < -0.4 is 31.6 Å². The number of halogens is 18. The molecule has 0 aliphatic carbocycles. The average molecular weight is 1410 g/mol. The minimum atomic E-state index is -5.21. The number of rotatable bonds is 26. The summed E-state index contributed by atoms with van der Waals surface area (Å²) in [6.45, 7) is -1.18. The Kier molecular flexibility index (Phi) is 27.2. The van der Waals surface area contributed by atoms with Crippen LogP contribution in [0.3, 0.4) is 0 Å². The van der Waals surface area contributed by atoms with Gasteiger partial charge in [0.05, 0.1) is 65.5 Å². The van der Waals surface area contributed by atoms with Crippen LogP contribution in [0.1, 0.15) is 44.8 Å². The van der Waals surface area contributed by atoms with E-state index in [1.54, 1.807) is 115 Å². The number of pyridine rings is 2. The number of carbonyl (C=O) groups is 1. The van der Waals surface area contributed by atoms with Gasteiger partial charge in [0.25, 0.3) is 0 Å². The van der Waals surface area contributed by atoms with Gasteiger partial charge in [0.1, 0.15) is 28.7 Å². The second kappa shape index (κ2) is 34.1. The molecule has 516 valence electrons. The van der Waals surface area contributed by atoms with Crippen LogP contribution in [0.2, 0.25) is 10.0 Å². The minimum absolute atomic E-state index is 0.0150. The molecule has 6 aromatic carbocycles. The van der Waals surface area contributed by atoms with Gasteiger partial charge in [0.2, 0.25) is 0 Å². The van der Waals surface area contributed by atoms with Crippen LogP contribution in [-0.4, -0.2) is 101 Å². The molecule has 2 amide bonds. The maximum atomic E-state index is 15.1. The van der Waals surface area contributed by atoms with Gasteiger partial charge in [0.15, 0.2) is 12.2 Å². The SMILES string of the molecule is N[C@@](Cc1ccccc1)(c1cc(F)cc(OC(F)(F)C(F)F)c1)c1ccc(Cl)cn1.N[C@H](COCc1ccccc1)[C@@H](O)C(F)(F)F.O=C(N[C@H](COCc1ccccc1)[C@@H](O)C(F)(F)F)N[C@@](Cc1ccccc1)(c1cc(F)cc(OC(F)(F)C(F)F)c1)c1ccc(Cl)cn1. The number of alkyl halides is 14. The van der Waals surface area contributed by atoms with Crippen molar-refractivity contribution in [1.29, 1.82) is 0 Å². The summed E-state index contributed by atoms with van der Waals surface area (Å²) >= 11 is 11.9. The third-order valence-corrected chi connectivity index (χ3v) is 14.1. The van der Waals surface area contributed by atoms with E-state index in [-0.39, 0.29) is 60.2 Å². The Bertz CT molecular complexity index is 3680. The lowest BCUT2D eigenvalue weighted by molar-refractivity contribution is -0.253. The number of nitrogens with zero attached hydrogens (tertiary/aromatic N) is 2. The van der Waals surface area contributed by atoms with Gasteiger partial charge < -0.3 is 51.3 Å². The van der Waals surface area contributed by atoms with Gasteiger partial charge in [-0.1, -0.05) is 145 Å². The first kappa shape index (κ1) is 76.7. The van der Waals surface area contributed by atoms with Crippen LogP contribution in [0, 0.1) is 11.6 Å². The molecule has 2 aromatic heterocycles. The van der Waals surface area contributed by atoms with Gasteiger partial charge >= 0.3 is 43.5 Å². The number of aliphatic hydroxyl groups is 2. The van der Waals surface area contributed by atoms with Gasteiger partial charge in [-0.2, -0.15) is 61.5 Å². The molecule has 13 nitrogen and oxygen atoms in total. The zero-order valence-corrected chi connectivity index (χ0v) is 51.0. The van der Waals surface area contributed by atoms with E-state index in [2.05, 4.69) is 24.8 Å². The monoisotopic (exact) mass is 1410 g/mol. The molecule has 0 unspecified atom stereocenters. The summed E-state index contributed by atoms with van der Waals surface area (Å²) in [7, 11) is 0. The first-order valence-corrected chi connectivity index (χ1v) is 28.9. The van der Waals surface area contributed by atoms with E-state index in [1.165, 1.54) is 30.5 Å². The average Bonchev–Trinajstić information content (AvgIpc) is 0.771. The molecule has 8 rings (SSSR count). The number of nitrogens with one attached hydrogen (secondary N) is 2. The number of aliphatic hydroxyl groups excluding tert-OH is 2. The van der Waals surface area contributed by atoms with Gasteiger partial charge in [-0.25, -0.2) is 13.6 Å². The molecule has 8 aromatic rings.